The molecular weight excluding hydrogens is 144 g/mol. The van der Waals surface area contributed by atoms with Gasteiger partial charge in [0, 0.05) is 11.8 Å². The highest BCUT2D eigenvalue weighted by molar-refractivity contribution is 5.82. The number of ketones is 1. The van der Waals surface area contributed by atoms with E-state index in [1.807, 2.05) is 0 Å². The van der Waals surface area contributed by atoms with Gasteiger partial charge >= 0.3 is 0 Å². The molecule has 3 heteroatoms. The molecule has 2 rings (SSSR count). The van der Waals surface area contributed by atoms with E-state index in [9.17, 15) is 9.90 Å². The first kappa shape index (κ1) is 7.25. The van der Waals surface area contributed by atoms with Gasteiger partial charge in [-0.1, -0.05) is 0 Å². The normalized spacial score (nSPS) is 53.9. The second kappa shape index (κ2) is 2.05. The third kappa shape index (κ3) is 0.844. The number of carbonyl (C=O) groups excluding carboxylic acids is 1. The van der Waals surface area contributed by atoms with Crippen LogP contribution in [0, 0.1) is 17.8 Å². The molecule has 0 aromatic carbocycles. The van der Waals surface area contributed by atoms with E-state index in [2.05, 4.69) is 0 Å². The fourth-order valence-corrected chi connectivity index (χ4v) is 2.42. The van der Waals surface area contributed by atoms with E-state index < -0.39 is 12.2 Å². The minimum absolute atomic E-state index is 0.0494. The van der Waals surface area contributed by atoms with Crippen molar-refractivity contribution in [1.82, 2.24) is 0 Å². The zero-order valence-electron chi connectivity index (χ0n) is 6.40. The Hall–Kier alpha value is -0.410. The van der Waals surface area contributed by atoms with Crippen LogP contribution in [0.3, 0.4) is 0 Å². The largest absolute Gasteiger partial charge is 0.390 e. The number of hydrogen-bond acceptors (Lipinski definition) is 3. The number of rotatable bonds is 1. The Balaban J connectivity index is 2.05. The highest BCUT2D eigenvalue weighted by atomic mass is 16.3. The molecule has 2 aliphatic rings. The predicted octanol–water partition coefficient (Wildman–Crippen LogP) is -0.437. The smallest absolute Gasteiger partial charge is 0.133 e. The molecule has 0 aromatic heterocycles. The third-order valence-electron chi connectivity index (χ3n) is 3.00. The Morgan fingerprint density at radius 2 is 2.09 bits per heavy atom. The summed E-state index contributed by atoms with van der Waals surface area (Å²) in [4.78, 5) is 10.9. The number of hydrogen-bond donors (Lipinski definition) is 2. The summed E-state index contributed by atoms with van der Waals surface area (Å²) < 4.78 is 0. The lowest BCUT2D eigenvalue weighted by Gasteiger charge is -2.12. The second-order valence-corrected chi connectivity index (χ2v) is 3.67. The van der Waals surface area contributed by atoms with Crippen molar-refractivity contribution in [3.05, 3.63) is 0 Å². The van der Waals surface area contributed by atoms with E-state index in [0.29, 0.717) is 6.42 Å². The van der Waals surface area contributed by atoms with Crippen LogP contribution < -0.4 is 0 Å². The van der Waals surface area contributed by atoms with Crippen LogP contribution in [0.1, 0.15) is 13.3 Å². The Morgan fingerprint density at radius 3 is 2.45 bits per heavy atom. The molecule has 2 saturated carbocycles. The van der Waals surface area contributed by atoms with E-state index in [0.717, 1.165) is 0 Å². The van der Waals surface area contributed by atoms with Gasteiger partial charge in [-0.15, -0.1) is 0 Å². The lowest BCUT2D eigenvalue weighted by molar-refractivity contribution is -0.119. The van der Waals surface area contributed by atoms with Crippen LogP contribution in [0.4, 0.5) is 0 Å². The topological polar surface area (TPSA) is 57.5 Å². The van der Waals surface area contributed by atoms with Crippen molar-refractivity contribution >= 4 is 5.78 Å². The van der Waals surface area contributed by atoms with Crippen molar-refractivity contribution in [2.24, 2.45) is 17.8 Å². The first-order valence-corrected chi connectivity index (χ1v) is 3.99. The van der Waals surface area contributed by atoms with Crippen molar-refractivity contribution in [3.8, 4) is 0 Å². The molecule has 2 N–H and O–H groups in total. The Bertz CT molecular complexity index is 202. The molecule has 5 atom stereocenters. The first-order chi connectivity index (χ1) is 5.13. The predicted molar refractivity (Wildman–Crippen MR) is 37.8 cm³/mol. The van der Waals surface area contributed by atoms with E-state index in [1.54, 1.807) is 6.92 Å². The molecule has 0 spiro atoms. The van der Waals surface area contributed by atoms with Crippen LogP contribution in [0.5, 0.6) is 0 Å². The summed E-state index contributed by atoms with van der Waals surface area (Å²) in [7, 11) is 0. The lowest BCUT2D eigenvalue weighted by atomic mass is 10.1. The monoisotopic (exact) mass is 156 g/mol. The van der Waals surface area contributed by atoms with Gasteiger partial charge in [0.25, 0.3) is 0 Å². The summed E-state index contributed by atoms with van der Waals surface area (Å²) >= 11 is 0. The quantitative estimate of drug-likeness (QED) is 0.541. The van der Waals surface area contributed by atoms with Gasteiger partial charge in [0.15, 0.2) is 0 Å². The number of carbonyl (C=O) groups is 1. The number of Topliss-reactive ketones (excluding diaryl/α,β-unsaturated/α-hetero) is 1. The summed E-state index contributed by atoms with van der Waals surface area (Å²) in [5, 5.41) is 18.5. The fraction of sp³-hybridized carbons (Fsp3) is 0.875. The third-order valence-corrected chi connectivity index (χ3v) is 3.00. The molecule has 0 radical (unpaired) electrons. The molecule has 11 heavy (non-hydrogen) atoms. The Morgan fingerprint density at radius 1 is 1.45 bits per heavy atom. The summed E-state index contributed by atoms with van der Waals surface area (Å²) in [6, 6.07) is 0. The van der Waals surface area contributed by atoms with Crippen molar-refractivity contribution in [3.63, 3.8) is 0 Å². The van der Waals surface area contributed by atoms with Gasteiger partial charge in [0.05, 0.1) is 12.2 Å². The van der Waals surface area contributed by atoms with Gasteiger partial charge in [0.1, 0.15) is 5.78 Å². The van der Waals surface area contributed by atoms with Gasteiger partial charge in [-0.2, -0.15) is 0 Å². The van der Waals surface area contributed by atoms with Crippen LogP contribution in [0.2, 0.25) is 0 Å². The van der Waals surface area contributed by atoms with Gasteiger partial charge in [-0.3, -0.25) is 4.79 Å². The zero-order chi connectivity index (χ0) is 8.17. The number of aliphatic hydroxyl groups is 2. The Kier molecular flexibility index (Phi) is 1.35. The number of aliphatic hydroxyl groups excluding tert-OH is 2. The van der Waals surface area contributed by atoms with Crippen molar-refractivity contribution < 1.29 is 15.0 Å². The molecule has 0 heterocycles. The van der Waals surface area contributed by atoms with E-state index in [4.69, 9.17) is 5.11 Å². The van der Waals surface area contributed by atoms with E-state index >= 15 is 0 Å². The fourth-order valence-electron chi connectivity index (χ4n) is 2.42. The summed E-state index contributed by atoms with van der Waals surface area (Å²) in [6.45, 7) is 1.56. The molecule has 0 saturated heterocycles. The molecule has 2 aliphatic carbocycles. The minimum atomic E-state index is -0.645. The van der Waals surface area contributed by atoms with Gasteiger partial charge in [0.2, 0.25) is 0 Å². The van der Waals surface area contributed by atoms with Gasteiger partial charge in [-0.25, -0.2) is 0 Å². The van der Waals surface area contributed by atoms with Crippen LogP contribution in [-0.2, 0) is 4.79 Å². The number of fused-ring (bicyclic) bond motifs is 1. The molecule has 2 fully saturated rings. The van der Waals surface area contributed by atoms with E-state index in [-0.39, 0.29) is 23.5 Å². The second-order valence-electron chi connectivity index (χ2n) is 3.67. The van der Waals surface area contributed by atoms with Crippen LogP contribution in [0.25, 0.3) is 0 Å². The van der Waals surface area contributed by atoms with Crippen LogP contribution >= 0.6 is 0 Å². The molecule has 0 aliphatic heterocycles. The maximum absolute atomic E-state index is 10.9. The van der Waals surface area contributed by atoms with Gasteiger partial charge in [-0.05, 0) is 19.3 Å². The van der Waals surface area contributed by atoms with Gasteiger partial charge < -0.3 is 10.2 Å². The highest BCUT2D eigenvalue weighted by Gasteiger charge is 2.63. The molecule has 62 valence electrons. The average molecular weight is 156 g/mol. The van der Waals surface area contributed by atoms with Crippen LogP contribution in [0.15, 0.2) is 0 Å². The van der Waals surface area contributed by atoms with E-state index in [1.165, 1.54) is 0 Å². The SMILES string of the molecule is CC(=O)[C@H]1[C@H]2C[C@H](O)[C@H](O)[C@H]21. The molecular formula is C8H12O3. The zero-order valence-corrected chi connectivity index (χ0v) is 6.40. The molecule has 0 unspecified atom stereocenters. The maximum Gasteiger partial charge on any atom is 0.133 e. The molecule has 0 amide bonds. The van der Waals surface area contributed by atoms with Crippen molar-refractivity contribution in [2.45, 2.75) is 25.6 Å². The van der Waals surface area contributed by atoms with Crippen molar-refractivity contribution in [1.29, 1.82) is 0 Å². The highest BCUT2D eigenvalue weighted by Crippen LogP contribution is 2.57. The first-order valence-electron chi connectivity index (χ1n) is 3.99. The summed E-state index contributed by atoms with van der Waals surface area (Å²) in [5.74, 6) is 0.555. The lowest BCUT2D eigenvalue weighted by Crippen LogP contribution is -2.26. The standard InChI is InChI=1S/C8H12O3/c1-3(9)6-4-2-5(10)8(11)7(4)6/h4-8,10-11H,2H2,1H3/t4-,5+,6+,7-,8+/m1/s1. The summed E-state index contributed by atoms with van der Waals surface area (Å²) in [6.07, 6.45) is -0.620. The van der Waals surface area contributed by atoms with Crippen molar-refractivity contribution in [2.75, 3.05) is 0 Å². The average Bonchev–Trinajstić information content (AvgIpc) is 2.54. The maximum atomic E-state index is 10.9. The Labute approximate surface area is 65.0 Å². The van der Waals surface area contributed by atoms with Crippen LogP contribution in [-0.4, -0.2) is 28.2 Å². The summed E-state index contributed by atoms with van der Waals surface area (Å²) in [5.41, 5.74) is 0. The molecule has 0 aromatic rings. The molecule has 3 nitrogen and oxygen atoms in total. The minimum Gasteiger partial charge on any atom is -0.390 e. The molecule has 0 bridgehead atoms.